The summed E-state index contributed by atoms with van der Waals surface area (Å²) in [6.45, 7) is 0. The molecular weight excluding hydrogens is 421 g/mol. The second kappa shape index (κ2) is 6.76. The number of halogens is 3. The molecular formula is C18H13F3N6O2S. The largest absolute Gasteiger partial charge is 0.417 e. The van der Waals surface area contributed by atoms with E-state index in [1.165, 1.54) is 6.07 Å². The number of aromatic nitrogens is 5. The summed E-state index contributed by atoms with van der Waals surface area (Å²) in [7, 11) is -4.32. The van der Waals surface area contributed by atoms with Crippen LogP contribution in [-0.2, 0) is 16.0 Å². The lowest BCUT2D eigenvalue weighted by atomic mass is 9.95. The third-order valence-corrected chi connectivity index (χ3v) is 5.60. The van der Waals surface area contributed by atoms with Gasteiger partial charge in [-0.05, 0) is 51.9 Å². The van der Waals surface area contributed by atoms with Gasteiger partial charge in [-0.15, -0.1) is 5.10 Å². The van der Waals surface area contributed by atoms with Crippen molar-refractivity contribution >= 4 is 26.6 Å². The fourth-order valence-electron chi connectivity index (χ4n) is 3.24. The van der Waals surface area contributed by atoms with Crippen LogP contribution in [0.3, 0.4) is 0 Å². The Kier molecular flexibility index (Phi) is 4.45. The average Bonchev–Trinajstić information content (AvgIpc) is 3.19. The van der Waals surface area contributed by atoms with E-state index in [1.807, 2.05) is 0 Å². The maximum atomic E-state index is 13.6. The van der Waals surface area contributed by atoms with Crippen molar-refractivity contribution < 1.29 is 21.6 Å². The molecule has 8 nitrogen and oxygen atoms in total. The van der Waals surface area contributed by atoms with Gasteiger partial charge >= 0.3 is 6.18 Å². The molecule has 154 valence electrons. The van der Waals surface area contributed by atoms with E-state index in [1.54, 1.807) is 30.3 Å². The molecule has 4 aromatic rings. The lowest BCUT2D eigenvalue weighted by Crippen LogP contribution is -2.15. The topological polar surface area (TPSA) is 128 Å². The molecule has 0 atom stereocenters. The highest BCUT2D eigenvalue weighted by Crippen LogP contribution is 2.43. The minimum Gasteiger partial charge on any atom is -0.384 e. The van der Waals surface area contributed by atoms with Crippen molar-refractivity contribution in [2.75, 3.05) is 12.0 Å². The van der Waals surface area contributed by atoms with Crippen LogP contribution >= 0.6 is 0 Å². The molecule has 12 heteroatoms. The highest BCUT2D eigenvalue weighted by Gasteiger charge is 2.39. The summed E-state index contributed by atoms with van der Waals surface area (Å²) in [5.41, 5.74) is 5.36. The first-order valence-electron chi connectivity index (χ1n) is 8.41. The Hall–Kier alpha value is -3.54. The van der Waals surface area contributed by atoms with E-state index in [2.05, 4.69) is 25.6 Å². The third-order valence-electron chi connectivity index (χ3n) is 4.44. The van der Waals surface area contributed by atoms with Crippen molar-refractivity contribution in [2.45, 2.75) is 11.1 Å². The number of nitrogen functional groups attached to an aromatic ring is 1. The summed E-state index contributed by atoms with van der Waals surface area (Å²) in [4.78, 5) is 3.28. The van der Waals surface area contributed by atoms with Crippen molar-refractivity contribution in [1.82, 2.24) is 25.6 Å². The average molecular weight is 434 g/mol. The predicted molar refractivity (Wildman–Crippen MR) is 103 cm³/mol. The number of hydrogen-bond donors (Lipinski definition) is 2. The zero-order valence-corrected chi connectivity index (χ0v) is 16.1. The number of pyridine rings is 1. The quantitative estimate of drug-likeness (QED) is 0.507. The molecule has 2 aromatic carbocycles. The fraction of sp³-hybridized carbons (Fsp3) is 0.111. The molecule has 0 aliphatic rings. The van der Waals surface area contributed by atoms with E-state index >= 15 is 0 Å². The van der Waals surface area contributed by atoms with Gasteiger partial charge < -0.3 is 5.73 Å². The van der Waals surface area contributed by atoms with E-state index in [4.69, 9.17) is 5.73 Å². The third kappa shape index (κ3) is 3.45. The first kappa shape index (κ1) is 19.8. The van der Waals surface area contributed by atoms with Crippen LogP contribution in [0, 0.1) is 0 Å². The minimum atomic E-state index is -4.90. The fourth-order valence-corrected chi connectivity index (χ4v) is 4.40. The summed E-state index contributed by atoms with van der Waals surface area (Å²) in [6.07, 6.45) is -4.19. The first-order chi connectivity index (χ1) is 14.1. The van der Waals surface area contributed by atoms with Crippen molar-refractivity contribution in [1.29, 1.82) is 0 Å². The number of tetrazole rings is 1. The number of alkyl halides is 3. The molecule has 2 aromatic heterocycles. The number of H-pyrrole nitrogens is 1. The molecule has 2 heterocycles. The Morgan fingerprint density at radius 2 is 1.83 bits per heavy atom. The molecule has 0 aliphatic heterocycles. The Morgan fingerprint density at radius 1 is 1.07 bits per heavy atom. The number of fused-ring (bicyclic) bond motifs is 1. The molecule has 0 bridgehead atoms. The Balaban J connectivity index is 2.10. The van der Waals surface area contributed by atoms with Gasteiger partial charge in [0, 0.05) is 17.2 Å². The minimum absolute atomic E-state index is 0.202. The number of benzene rings is 2. The van der Waals surface area contributed by atoms with Gasteiger partial charge in [0.2, 0.25) is 0 Å². The van der Waals surface area contributed by atoms with Gasteiger partial charge in [0.25, 0.3) is 0 Å². The molecule has 0 aliphatic carbocycles. The van der Waals surface area contributed by atoms with Crippen LogP contribution in [0.15, 0.2) is 47.4 Å². The summed E-state index contributed by atoms with van der Waals surface area (Å²) >= 11 is 0. The Morgan fingerprint density at radius 3 is 2.47 bits per heavy atom. The van der Waals surface area contributed by atoms with Crippen LogP contribution < -0.4 is 5.73 Å². The van der Waals surface area contributed by atoms with Gasteiger partial charge in [0.05, 0.1) is 16.0 Å². The highest BCUT2D eigenvalue weighted by atomic mass is 32.2. The smallest absolute Gasteiger partial charge is 0.384 e. The molecule has 0 fully saturated rings. The van der Waals surface area contributed by atoms with E-state index in [0.717, 1.165) is 6.07 Å². The van der Waals surface area contributed by atoms with E-state index < -0.39 is 26.5 Å². The Labute approximate surface area is 167 Å². The number of hydrogen-bond acceptors (Lipinski definition) is 7. The Bertz CT molecular complexity index is 1370. The van der Waals surface area contributed by atoms with Gasteiger partial charge in [-0.2, -0.15) is 13.2 Å². The molecule has 0 unspecified atom stereocenters. The number of anilines is 1. The maximum absolute atomic E-state index is 13.6. The zero-order valence-electron chi connectivity index (χ0n) is 15.3. The van der Waals surface area contributed by atoms with Crippen molar-refractivity contribution in [3.63, 3.8) is 0 Å². The molecule has 0 amide bonds. The first-order valence-corrected chi connectivity index (χ1v) is 10.3. The van der Waals surface area contributed by atoms with Crippen LogP contribution in [0.4, 0.5) is 19.0 Å². The van der Waals surface area contributed by atoms with Crippen LogP contribution in [0.2, 0.25) is 0 Å². The molecule has 0 saturated heterocycles. The molecule has 0 saturated carbocycles. The number of nitrogens with zero attached hydrogens (tertiary/aromatic N) is 4. The van der Waals surface area contributed by atoms with Crippen LogP contribution in [0.25, 0.3) is 33.4 Å². The summed E-state index contributed by atoms with van der Waals surface area (Å²) in [5.74, 6) is 0.115. The number of rotatable bonds is 3. The van der Waals surface area contributed by atoms with Crippen LogP contribution in [0.1, 0.15) is 5.56 Å². The summed E-state index contributed by atoms with van der Waals surface area (Å²) in [6, 6.07) is 10.1. The molecule has 3 N–H and O–H groups in total. The molecule has 0 radical (unpaired) electrons. The second-order valence-corrected chi connectivity index (χ2v) is 8.48. The monoisotopic (exact) mass is 434 g/mol. The zero-order chi connectivity index (χ0) is 21.7. The molecule has 4 rings (SSSR count). The normalized spacial score (nSPS) is 12.4. The van der Waals surface area contributed by atoms with Crippen molar-refractivity contribution in [3.8, 4) is 22.5 Å². The standard InChI is InChI=1S/C18H13F3N6O2S/c1-30(28,29)16-12(18(19,20)21)5-4-11(15(16)17-24-26-27-25-17)9-2-6-13-10(8-9)3-7-14(22)23-13/h2-8H,1H3,(H2,22,23)(H,24,25,26,27). The number of nitrogens with one attached hydrogen (secondary N) is 1. The van der Waals surface area contributed by atoms with Crippen molar-refractivity contribution in [2.24, 2.45) is 0 Å². The van der Waals surface area contributed by atoms with Gasteiger partial charge in [0.1, 0.15) is 5.82 Å². The van der Waals surface area contributed by atoms with Crippen LogP contribution in [-0.4, -0.2) is 40.3 Å². The van der Waals surface area contributed by atoms with Gasteiger partial charge in [-0.1, -0.05) is 12.1 Å². The lowest BCUT2D eigenvalue weighted by molar-refractivity contribution is -0.139. The van der Waals surface area contributed by atoms with Gasteiger partial charge in [-0.25, -0.2) is 18.5 Å². The van der Waals surface area contributed by atoms with Gasteiger partial charge in [-0.3, -0.25) is 0 Å². The van der Waals surface area contributed by atoms with E-state index in [0.29, 0.717) is 28.5 Å². The van der Waals surface area contributed by atoms with E-state index in [-0.39, 0.29) is 17.0 Å². The van der Waals surface area contributed by atoms with Gasteiger partial charge in [0.15, 0.2) is 15.7 Å². The maximum Gasteiger partial charge on any atom is 0.417 e. The predicted octanol–water partition coefficient (Wildman–Crippen LogP) is 3.09. The summed E-state index contributed by atoms with van der Waals surface area (Å²) < 4.78 is 65.8. The lowest BCUT2D eigenvalue weighted by Gasteiger charge is -2.18. The number of nitrogens with two attached hydrogens (primary N) is 1. The van der Waals surface area contributed by atoms with Crippen molar-refractivity contribution in [3.05, 3.63) is 48.0 Å². The number of sulfone groups is 1. The molecule has 30 heavy (non-hydrogen) atoms. The summed E-state index contributed by atoms with van der Waals surface area (Å²) in [5, 5.41) is 13.5. The SMILES string of the molecule is CS(=O)(=O)c1c(C(F)(F)F)ccc(-c2ccc3nc(N)ccc3c2)c1-c1nnn[nH]1. The number of aromatic amines is 1. The second-order valence-electron chi connectivity index (χ2n) is 6.53. The highest BCUT2D eigenvalue weighted by molar-refractivity contribution is 7.91. The molecule has 0 spiro atoms. The van der Waals surface area contributed by atoms with E-state index in [9.17, 15) is 21.6 Å². The van der Waals surface area contributed by atoms with Crippen LogP contribution in [0.5, 0.6) is 0 Å².